The molecule has 2 atom stereocenters. The molecule has 2 unspecified atom stereocenters. The number of Topliss-reactive ketones (excluding diaryl/α,β-unsaturated/α-hetero) is 1. The smallest absolute Gasteiger partial charge is 0.340 e. The van der Waals surface area contributed by atoms with Crippen LogP contribution in [0.25, 0.3) is 0 Å². The molecule has 7 heteroatoms. The number of rotatable bonds is 2. The Hall–Kier alpha value is -2.41. The SMILES string of the molecule is COC(=O)C1=C(C(=O)OC)C2C(=O)COC3C=CC=C1N32. The summed E-state index contributed by atoms with van der Waals surface area (Å²) >= 11 is 0. The van der Waals surface area contributed by atoms with Crippen LogP contribution in [0.1, 0.15) is 0 Å². The highest BCUT2D eigenvalue weighted by Gasteiger charge is 2.51. The highest BCUT2D eigenvalue weighted by atomic mass is 16.5. The lowest BCUT2D eigenvalue weighted by atomic mass is 10.0. The van der Waals surface area contributed by atoms with Crippen molar-refractivity contribution in [1.29, 1.82) is 0 Å². The van der Waals surface area contributed by atoms with Crippen molar-refractivity contribution in [3.05, 3.63) is 35.1 Å². The lowest BCUT2D eigenvalue weighted by Crippen LogP contribution is -2.52. The number of ketones is 1. The number of nitrogens with zero attached hydrogens (tertiary/aromatic N) is 1. The van der Waals surface area contributed by atoms with Gasteiger partial charge < -0.3 is 19.1 Å². The number of esters is 2. The fourth-order valence-electron chi connectivity index (χ4n) is 2.81. The van der Waals surface area contributed by atoms with Crippen LogP contribution < -0.4 is 0 Å². The van der Waals surface area contributed by atoms with Crippen LogP contribution in [-0.2, 0) is 28.6 Å². The first kappa shape index (κ1) is 13.6. The van der Waals surface area contributed by atoms with Gasteiger partial charge in [-0.2, -0.15) is 0 Å². The third kappa shape index (κ3) is 1.81. The summed E-state index contributed by atoms with van der Waals surface area (Å²) < 4.78 is 14.9. The number of ether oxygens (including phenoxy) is 3. The van der Waals surface area contributed by atoms with Crippen molar-refractivity contribution in [2.75, 3.05) is 20.8 Å². The maximum absolute atomic E-state index is 12.2. The normalized spacial score (nSPS) is 26.5. The second kappa shape index (κ2) is 4.85. The van der Waals surface area contributed by atoms with Crippen molar-refractivity contribution in [2.24, 2.45) is 0 Å². The van der Waals surface area contributed by atoms with E-state index < -0.39 is 24.2 Å². The molecule has 3 heterocycles. The van der Waals surface area contributed by atoms with Gasteiger partial charge in [0.2, 0.25) is 0 Å². The van der Waals surface area contributed by atoms with Gasteiger partial charge in [0.1, 0.15) is 12.6 Å². The molecule has 1 fully saturated rings. The first-order valence-corrected chi connectivity index (χ1v) is 6.32. The van der Waals surface area contributed by atoms with Crippen LogP contribution in [0.3, 0.4) is 0 Å². The van der Waals surface area contributed by atoms with E-state index in [4.69, 9.17) is 14.2 Å². The molecule has 0 aromatic carbocycles. The molecule has 0 radical (unpaired) electrons. The van der Waals surface area contributed by atoms with Gasteiger partial charge in [0.15, 0.2) is 12.0 Å². The molecule has 0 saturated carbocycles. The topological polar surface area (TPSA) is 82.1 Å². The maximum atomic E-state index is 12.2. The minimum atomic E-state index is -0.874. The summed E-state index contributed by atoms with van der Waals surface area (Å²) in [5, 5.41) is 0. The number of carbonyl (C=O) groups is 3. The Balaban J connectivity index is 2.21. The fourth-order valence-corrected chi connectivity index (χ4v) is 2.81. The van der Waals surface area contributed by atoms with E-state index in [9.17, 15) is 14.4 Å². The molecular formula is C14H13NO6. The monoisotopic (exact) mass is 291 g/mol. The minimum absolute atomic E-state index is 0.0117. The van der Waals surface area contributed by atoms with E-state index in [1.807, 2.05) is 0 Å². The van der Waals surface area contributed by atoms with Crippen molar-refractivity contribution < 1.29 is 28.6 Å². The van der Waals surface area contributed by atoms with Gasteiger partial charge in [-0.15, -0.1) is 0 Å². The summed E-state index contributed by atoms with van der Waals surface area (Å²) in [6.07, 6.45) is 4.62. The Morgan fingerprint density at radius 1 is 1.29 bits per heavy atom. The van der Waals surface area contributed by atoms with Gasteiger partial charge in [-0.25, -0.2) is 9.59 Å². The molecule has 0 N–H and O–H groups in total. The predicted molar refractivity (Wildman–Crippen MR) is 68.7 cm³/mol. The first-order chi connectivity index (χ1) is 10.1. The van der Waals surface area contributed by atoms with Gasteiger partial charge in [0.25, 0.3) is 0 Å². The molecule has 0 amide bonds. The highest BCUT2D eigenvalue weighted by Crippen LogP contribution is 2.41. The van der Waals surface area contributed by atoms with Crippen molar-refractivity contribution in [1.82, 2.24) is 4.90 Å². The van der Waals surface area contributed by atoms with Gasteiger partial charge in [-0.05, 0) is 12.2 Å². The summed E-state index contributed by atoms with van der Waals surface area (Å²) in [4.78, 5) is 37.9. The van der Waals surface area contributed by atoms with Gasteiger partial charge in [-0.1, -0.05) is 6.08 Å². The summed E-state index contributed by atoms with van der Waals surface area (Å²) in [5.41, 5.74) is 0.507. The fraction of sp³-hybridized carbons (Fsp3) is 0.357. The quantitative estimate of drug-likeness (QED) is 0.645. The average molecular weight is 291 g/mol. The Bertz CT molecular complexity index is 629. The molecule has 21 heavy (non-hydrogen) atoms. The lowest BCUT2D eigenvalue weighted by molar-refractivity contribution is -0.148. The van der Waals surface area contributed by atoms with Crippen LogP contribution in [0.15, 0.2) is 35.1 Å². The molecule has 0 aliphatic carbocycles. The third-order valence-corrected chi connectivity index (χ3v) is 3.66. The average Bonchev–Trinajstić information content (AvgIpc) is 2.86. The molecule has 110 valence electrons. The highest BCUT2D eigenvalue weighted by molar-refractivity contribution is 6.11. The van der Waals surface area contributed by atoms with Crippen molar-refractivity contribution in [3.8, 4) is 0 Å². The molecule has 7 nitrogen and oxygen atoms in total. The number of methoxy groups -OCH3 is 2. The molecule has 1 saturated heterocycles. The van der Waals surface area contributed by atoms with Crippen LogP contribution in [0.4, 0.5) is 0 Å². The second-order valence-corrected chi connectivity index (χ2v) is 4.69. The molecular weight excluding hydrogens is 278 g/mol. The van der Waals surface area contributed by atoms with Crippen LogP contribution in [-0.4, -0.2) is 55.7 Å². The number of hydrogen-bond donors (Lipinski definition) is 0. The molecule has 3 rings (SSSR count). The van der Waals surface area contributed by atoms with Gasteiger partial charge in [-0.3, -0.25) is 4.79 Å². The summed E-state index contributed by atoms with van der Waals surface area (Å²) in [6.45, 7) is -0.127. The molecule has 3 aliphatic rings. The van der Waals surface area contributed by atoms with E-state index in [1.54, 1.807) is 23.1 Å². The Labute approximate surface area is 120 Å². The van der Waals surface area contributed by atoms with E-state index in [-0.39, 0.29) is 23.5 Å². The molecule has 0 aromatic rings. The Kier molecular flexibility index (Phi) is 3.13. The van der Waals surface area contributed by atoms with Gasteiger partial charge in [0.05, 0.1) is 31.1 Å². The Morgan fingerprint density at radius 2 is 2.00 bits per heavy atom. The summed E-state index contributed by atoms with van der Waals surface area (Å²) in [7, 11) is 2.42. The largest absolute Gasteiger partial charge is 0.466 e. The second-order valence-electron chi connectivity index (χ2n) is 4.69. The van der Waals surface area contributed by atoms with Crippen molar-refractivity contribution >= 4 is 17.7 Å². The zero-order valence-corrected chi connectivity index (χ0v) is 11.5. The lowest BCUT2D eigenvalue weighted by Gasteiger charge is -2.39. The van der Waals surface area contributed by atoms with Crippen LogP contribution in [0.5, 0.6) is 0 Å². The summed E-state index contributed by atoms with van der Waals surface area (Å²) in [5.74, 6) is -1.70. The standard InChI is InChI=1S/C14H13NO6/c1-19-13(17)10-7-4-3-5-9-15(7)12(8(16)6-21-9)11(10)14(18)20-2/h3-5,9,12H,6H2,1-2H3. The molecule has 0 spiro atoms. The van der Waals surface area contributed by atoms with E-state index in [0.29, 0.717) is 5.70 Å². The van der Waals surface area contributed by atoms with E-state index in [2.05, 4.69) is 0 Å². The van der Waals surface area contributed by atoms with Crippen LogP contribution >= 0.6 is 0 Å². The number of allylic oxidation sites excluding steroid dienone is 2. The van der Waals surface area contributed by atoms with Crippen LogP contribution in [0.2, 0.25) is 0 Å². The minimum Gasteiger partial charge on any atom is -0.466 e. The van der Waals surface area contributed by atoms with Crippen molar-refractivity contribution in [3.63, 3.8) is 0 Å². The first-order valence-electron chi connectivity index (χ1n) is 6.32. The zero-order valence-electron chi connectivity index (χ0n) is 11.5. The van der Waals surface area contributed by atoms with Gasteiger partial charge in [0, 0.05) is 0 Å². The zero-order chi connectivity index (χ0) is 15.1. The van der Waals surface area contributed by atoms with Crippen LogP contribution in [0, 0.1) is 0 Å². The van der Waals surface area contributed by atoms with E-state index in [1.165, 1.54) is 14.2 Å². The summed E-state index contributed by atoms with van der Waals surface area (Å²) in [6, 6.07) is -0.874. The maximum Gasteiger partial charge on any atom is 0.340 e. The van der Waals surface area contributed by atoms with Crippen molar-refractivity contribution in [2.45, 2.75) is 12.3 Å². The van der Waals surface area contributed by atoms with E-state index in [0.717, 1.165) is 0 Å². The molecule has 0 bridgehead atoms. The van der Waals surface area contributed by atoms with Gasteiger partial charge >= 0.3 is 11.9 Å². The number of hydrogen-bond acceptors (Lipinski definition) is 7. The Morgan fingerprint density at radius 3 is 2.67 bits per heavy atom. The van der Waals surface area contributed by atoms with E-state index >= 15 is 0 Å². The molecule has 3 aliphatic heterocycles. The number of carbonyl (C=O) groups excluding carboxylic acids is 3. The third-order valence-electron chi connectivity index (χ3n) is 3.66. The predicted octanol–water partition coefficient (Wildman–Crippen LogP) is -0.308. The molecule has 0 aromatic heterocycles.